The molecule has 5 aromatic rings. The van der Waals surface area contributed by atoms with Crippen molar-refractivity contribution in [2.45, 2.75) is 113 Å². The first-order valence-corrected chi connectivity index (χ1v) is 17.1. The molecule has 0 radical (unpaired) electrons. The van der Waals surface area contributed by atoms with Crippen molar-refractivity contribution in [1.82, 2.24) is 19.9 Å². The van der Waals surface area contributed by atoms with Crippen molar-refractivity contribution in [1.29, 1.82) is 0 Å². The summed E-state index contributed by atoms with van der Waals surface area (Å²) in [4.78, 5) is 19.2. The second-order valence-corrected chi connectivity index (χ2v) is 13.1. The second kappa shape index (κ2) is 17.7. The number of aryl methyl sites for hydroxylation is 4. The molecule has 0 aliphatic heterocycles. The predicted molar refractivity (Wildman–Crippen MR) is 192 cm³/mol. The molecule has 0 aliphatic rings. The molecule has 7 heteroatoms. The van der Waals surface area contributed by atoms with E-state index in [2.05, 4.69) is 108 Å². The molecule has 0 N–H and O–H groups in total. The van der Waals surface area contributed by atoms with Gasteiger partial charge in [0.25, 0.3) is 0 Å². The summed E-state index contributed by atoms with van der Waals surface area (Å²) in [5, 5.41) is 2.05. The average Bonchev–Trinajstić information content (AvgIpc) is 3.34. The maximum atomic E-state index is 6.19. The first-order valence-electron chi connectivity index (χ1n) is 17.1. The van der Waals surface area contributed by atoms with E-state index >= 15 is 0 Å². The van der Waals surface area contributed by atoms with Gasteiger partial charge in [0, 0.05) is 45.7 Å². The van der Waals surface area contributed by atoms with Crippen LogP contribution in [0, 0.1) is 27.7 Å². The normalized spacial score (nSPS) is 11.1. The molecule has 256 valence electrons. The molecule has 1 aromatic carbocycles. The smallest absolute Gasteiger partial charge is 0.664 e. The molecular weight excluding hydrogens is 632 g/mol. The Morgan fingerprint density at radius 2 is 1.17 bits per heavy atom. The molecule has 0 atom stereocenters. The first-order chi connectivity index (χ1) is 22.0. The maximum absolute atomic E-state index is 6.19. The molecule has 0 fully saturated rings. The van der Waals surface area contributed by atoms with E-state index in [1.807, 2.05) is 13.8 Å². The topological polar surface area (TPSA) is 71.2 Å². The summed E-state index contributed by atoms with van der Waals surface area (Å²) in [6.45, 7) is 22.7. The summed E-state index contributed by atoms with van der Waals surface area (Å²) in [7, 11) is 0. The molecule has 47 heavy (non-hydrogen) atoms. The number of ether oxygens (including phenoxy) is 2. The summed E-state index contributed by atoms with van der Waals surface area (Å²) < 4.78 is 12.4. The summed E-state index contributed by atoms with van der Waals surface area (Å²) in [5.74, 6) is 2.44. The van der Waals surface area contributed by atoms with Crippen LogP contribution in [0.4, 0.5) is 0 Å². The van der Waals surface area contributed by atoms with Gasteiger partial charge in [-0.3, -0.25) is 4.98 Å². The zero-order valence-corrected chi connectivity index (χ0v) is 31.0. The summed E-state index contributed by atoms with van der Waals surface area (Å²) in [5.41, 5.74) is 10.9. The molecule has 0 saturated carbocycles. The third-order valence-corrected chi connectivity index (χ3v) is 8.28. The van der Waals surface area contributed by atoms with Gasteiger partial charge in [-0.2, -0.15) is 11.4 Å². The summed E-state index contributed by atoms with van der Waals surface area (Å²) >= 11 is 0. The van der Waals surface area contributed by atoms with Crippen LogP contribution in [0.1, 0.15) is 124 Å². The molecule has 5 rings (SSSR count). The fraction of sp³-hybridized carbons (Fsp3) is 0.475. The van der Waals surface area contributed by atoms with E-state index in [0.717, 1.165) is 113 Å². The molecule has 0 aliphatic carbocycles. The SMILES string of the molecule is CCCCOc1cc(C(C)C)nc2c1ccc1c(OCCCC)cc(C(C)C)nc12.Cc1ccc(C)c(Cc2[n-]c(C)cc2C)n1.[Cu+]. The maximum Gasteiger partial charge on any atom is 1.00 e. The van der Waals surface area contributed by atoms with Gasteiger partial charge in [-0.05, 0) is 75.6 Å². The molecule has 4 heterocycles. The quantitative estimate of drug-likeness (QED) is 0.0740. The van der Waals surface area contributed by atoms with E-state index in [1.54, 1.807) is 0 Å². The van der Waals surface area contributed by atoms with Crippen LogP contribution >= 0.6 is 0 Å². The molecule has 0 unspecified atom stereocenters. The Balaban J connectivity index is 0.000000298. The number of hydrogen-bond donors (Lipinski definition) is 0. The number of rotatable bonds is 12. The zero-order chi connectivity index (χ0) is 33.4. The molecule has 0 bridgehead atoms. The van der Waals surface area contributed by atoms with Crippen molar-refractivity contribution in [3.63, 3.8) is 0 Å². The van der Waals surface area contributed by atoms with Crippen molar-refractivity contribution in [2.24, 2.45) is 0 Å². The van der Waals surface area contributed by atoms with Crippen LogP contribution in [0.3, 0.4) is 0 Å². The molecule has 4 aromatic heterocycles. The second-order valence-electron chi connectivity index (χ2n) is 13.1. The summed E-state index contributed by atoms with van der Waals surface area (Å²) in [6.07, 6.45) is 5.15. The van der Waals surface area contributed by atoms with Crippen molar-refractivity contribution in [3.05, 3.63) is 87.8 Å². The van der Waals surface area contributed by atoms with E-state index in [0.29, 0.717) is 11.8 Å². The van der Waals surface area contributed by atoms with Crippen LogP contribution in [0.15, 0.2) is 42.5 Å². The molecule has 6 nitrogen and oxygen atoms in total. The number of fused-ring (bicyclic) bond motifs is 3. The van der Waals surface area contributed by atoms with Crippen LogP contribution in [0.5, 0.6) is 11.5 Å². The Bertz CT molecular complexity index is 1680. The Kier molecular flexibility index (Phi) is 14.3. The molecular formula is C40H53CuN4O2. The average molecular weight is 685 g/mol. The van der Waals surface area contributed by atoms with Crippen molar-refractivity contribution < 1.29 is 26.5 Å². The van der Waals surface area contributed by atoms with Gasteiger partial charge in [0.15, 0.2) is 0 Å². The van der Waals surface area contributed by atoms with Crippen molar-refractivity contribution in [2.75, 3.05) is 13.2 Å². The first kappa shape index (κ1) is 38.0. The van der Waals surface area contributed by atoms with Gasteiger partial charge in [-0.15, -0.1) is 0 Å². The van der Waals surface area contributed by atoms with Gasteiger partial charge >= 0.3 is 17.1 Å². The Morgan fingerprint density at radius 1 is 0.660 bits per heavy atom. The van der Waals surface area contributed by atoms with Gasteiger partial charge in [0.1, 0.15) is 22.5 Å². The summed E-state index contributed by atoms with van der Waals surface area (Å²) in [6, 6.07) is 14.7. The number of aromatic nitrogens is 4. The molecule has 0 saturated heterocycles. The van der Waals surface area contributed by atoms with Gasteiger partial charge < -0.3 is 14.5 Å². The Hall–Kier alpha value is -3.41. The van der Waals surface area contributed by atoms with Gasteiger partial charge in [-0.1, -0.05) is 79.0 Å². The van der Waals surface area contributed by atoms with Crippen LogP contribution < -0.4 is 14.5 Å². The van der Waals surface area contributed by atoms with E-state index < -0.39 is 0 Å². The fourth-order valence-electron chi connectivity index (χ4n) is 5.36. The van der Waals surface area contributed by atoms with Gasteiger partial charge in [0.2, 0.25) is 0 Å². The fourth-order valence-corrected chi connectivity index (χ4v) is 5.36. The van der Waals surface area contributed by atoms with Crippen LogP contribution in [0.25, 0.3) is 21.8 Å². The number of pyridine rings is 3. The van der Waals surface area contributed by atoms with E-state index in [9.17, 15) is 0 Å². The van der Waals surface area contributed by atoms with E-state index in [4.69, 9.17) is 19.4 Å². The predicted octanol–water partition coefficient (Wildman–Crippen LogP) is 10.2. The van der Waals surface area contributed by atoms with Crippen LogP contribution in [-0.2, 0) is 23.5 Å². The number of nitrogens with zero attached hydrogens (tertiary/aromatic N) is 4. The number of benzene rings is 1. The number of hydrogen-bond acceptors (Lipinski definition) is 5. The van der Waals surface area contributed by atoms with Crippen molar-refractivity contribution in [3.8, 4) is 11.5 Å². The van der Waals surface area contributed by atoms with Crippen LogP contribution in [0.2, 0.25) is 0 Å². The third-order valence-electron chi connectivity index (χ3n) is 8.28. The minimum Gasteiger partial charge on any atom is -0.664 e. The molecule has 0 amide bonds. The number of unbranched alkanes of at least 4 members (excludes halogenated alkanes) is 2. The third kappa shape index (κ3) is 9.81. The largest absolute Gasteiger partial charge is 1.00 e. The minimum absolute atomic E-state index is 0. The molecule has 0 spiro atoms. The minimum atomic E-state index is 0. The van der Waals surface area contributed by atoms with Crippen molar-refractivity contribution >= 4 is 21.8 Å². The Labute approximate surface area is 293 Å². The van der Waals surface area contributed by atoms with Gasteiger partial charge in [-0.25, -0.2) is 9.97 Å². The van der Waals surface area contributed by atoms with E-state index in [1.165, 1.54) is 11.1 Å². The monoisotopic (exact) mass is 684 g/mol. The Morgan fingerprint density at radius 3 is 1.60 bits per heavy atom. The zero-order valence-electron chi connectivity index (χ0n) is 30.1. The standard InChI is InChI=1S/C26H36N2O2.C14H17N2.Cu/c1-7-9-13-29-23-15-21(17(3)4)27-25-19(23)11-12-20-24(30-14-10-8-2)16-22(18(5)6)28-26(20)25;1-9-5-6-11(3)15-13(9)8-14-10(2)7-12(4)16-14;/h11-12,15-18H,7-10,13-14H2,1-6H3;5-7H,8H2,1-4H3;/q;-1;+1. The van der Waals surface area contributed by atoms with E-state index in [-0.39, 0.29) is 17.1 Å². The van der Waals surface area contributed by atoms with Crippen LogP contribution in [-0.4, -0.2) is 28.2 Å². The van der Waals surface area contributed by atoms with Gasteiger partial charge in [0.05, 0.1) is 13.2 Å².